The number of aliphatic hydroxyl groups is 5. The molecule has 5 atom stereocenters. The van der Waals surface area contributed by atoms with E-state index < -0.39 is 43.0 Å². The molecular formula is C38H49ClN8O7. The zero-order valence-corrected chi connectivity index (χ0v) is 30.6. The first-order valence-corrected chi connectivity index (χ1v) is 18.1. The Labute approximate surface area is 318 Å². The van der Waals surface area contributed by atoms with Crippen LogP contribution in [-0.4, -0.2) is 110 Å². The fraction of sp³-hybridized carbons (Fsp3) is 0.395. The Bertz CT molecular complexity index is 1880. The first kappa shape index (κ1) is 42.2. The van der Waals surface area contributed by atoms with Gasteiger partial charge in [-0.25, -0.2) is 9.97 Å². The van der Waals surface area contributed by atoms with Crippen LogP contribution in [0.4, 0.5) is 5.69 Å². The fourth-order valence-corrected chi connectivity index (χ4v) is 5.89. The lowest BCUT2D eigenvalue weighted by Crippen LogP contribution is -2.49. The predicted octanol–water partition coefficient (Wildman–Crippen LogP) is 0.577. The second-order valence-corrected chi connectivity index (χ2v) is 13.5. The molecule has 290 valence electrons. The minimum atomic E-state index is -1.65. The van der Waals surface area contributed by atoms with Crippen LogP contribution in [0.3, 0.4) is 0 Å². The van der Waals surface area contributed by atoms with Gasteiger partial charge in [0.2, 0.25) is 5.91 Å². The molecular weight excluding hydrogens is 716 g/mol. The number of nitrogens with one attached hydrogen (secondary N) is 2. The zero-order valence-electron chi connectivity index (χ0n) is 29.8. The van der Waals surface area contributed by atoms with E-state index in [1.54, 1.807) is 0 Å². The molecule has 0 aliphatic carbocycles. The number of benzene rings is 3. The third-order valence-electron chi connectivity index (χ3n) is 8.86. The van der Waals surface area contributed by atoms with Crippen LogP contribution in [0.5, 0.6) is 0 Å². The van der Waals surface area contributed by atoms with E-state index >= 15 is 0 Å². The molecule has 0 radical (unpaired) electrons. The van der Waals surface area contributed by atoms with Crippen LogP contribution < -0.4 is 27.8 Å². The Hall–Kier alpha value is -4.58. The molecule has 4 rings (SSSR count). The van der Waals surface area contributed by atoms with Gasteiger partial charge in [0.15, 0.2) is 5.69 Å². The molecule has 0 bridgehead atoms. The van der Waals surface area contributed by atoms with Gasteiger partial charge < -0.3 is 53.4 Å². The summed E-state index contributed by atoms with van der Waals surface area (Å²) in [6, 6.07) is 19.0. The number of aryl methyl sites for hydroxylation is 2. The van der Waals surface area contributed by atoms with Crippen LogP contribution in [0.2, 0.25) is 5.15 Å². The zero-order chi connectivity index (χ0) is 39.2. The molecule has 15 nitrogen and oxygen atoms in total. The average molecular weight is 765 g/mol. The predicted molar refractivity (Wildman–Crippen MR) is 207 cm³/mol. The molecule has 0 spiro atoms. The molecule has 2 amide bonds. The summed E-state index contributed by atoms with van der Waals surface area (Å²) in [5.74, 6) is -0.996. The molecule has 0 unspecified atom stereocenters. The van der Waals surface area contributed by atoms with Gasteiger partial charge in [-0.05, 0) is 84.7 Å². The number of nitrogens with two attached hydrogens (primary N) is 3. The van der Waals surface area contributed by atoms with Gasteiger partial charge in [-0.1, -0.05) is 60.1 Å². The smallest absolute Gasteiger partial charge is 0.269 e. The number of anilines is 1. The van der Waals surface area contributed by atoms with Crippen LogP contribution >= 0.6 is 11.6 Å². The molecule has 54 heavy (non-hydrogen) atoms. The number of nitrogens with zero attached hydrogens (tertiary/aromatic N) is 3. The average Bonchev–Trinajstić information content (AvgIpc) is 3.16. The third-order valence-corrected chi connectivity index (χ3v) is 9.04. The third kappa shape index (κ3) is 12.5. The van der Waals surface area contributed by atoms with Gasteiger partial charge in [-0.2, -0.15) is 0 Å². The van der Waals surface area contributed by atoms with Crippen molar-refractivity contribution in [2.45, 2.75) is 69.0 Å². The van der Waals surface area contributed by atoms with E-state index in [0.717, 1.165) is 54.0 Å². The number of rotatable bonds is 21. The van der Waals surface area contributed by atoms with E-state index in [9.17, 15) is 30.0 Å². The van der Waals surface area contributed by atoms with Crippen molar-refractivity contribution in [1.82, 2.24) is 15.3 Å². The van der Waals surface area contributed by atoms with E-state index in [1.807, 2.05) is 42.5 Å². The monoisotopic (exact) mass is 764 g/mol. The van der Waals surface area contributed by atoms with Gasteiger partial charge in [0.1, 0.15) is 35.0 Å². The van der Waals surface area contributed by atoms with Crippen molar-refractivity contribution in [3.8, 4) is 0 Å². The number of carbonyl (C=O) groups is 2. The number of aromatic nitrogens is 2. The number of carbonyl (C=O) groups excluding carboxylic acids is 2. The number of hydrogen-bond donors (Lipinski definition) is 10. The number of hydrogen-bond acceptors (Lipinski definition) is 12. The number of amidine groups is 1. The van der Waals surface area contributed by atoms with Crippen molar-refractivity contribution >= 4 is 45.7 Å². The second-order valence-electron chi connectivity index (χ2n) is 13.1. The number of amides is 2. The van der Waals surface area contributed by atoms with Crippen LogP contribution in [0.25, 0.3) is 10.8 Å². The van der Waals surface area contributed by atoms with Crippen molar-refractivity contribution in [2.24, 2.45) is 22.2 Å². The minimum absolute atomic E-state index is 0.00502. The van der Waals surface area contributed by atoms with E-state index in [-0.39, 0.29) is 34.8 Å². The fourth-order valence-electron chi connectivity index (χ4n) is 5.76. The van der Waals surface area contributed by atoms with Crippen molar-refractivity contribution in [3.05, 3.63) is 100 Å². The van der Waals surface area contributed by atoms with E-state index in [2.05, 4.69) is 43.8 Å². The molecule has 13 N–H and O–H groups in total. The Morgan fingerprint density at radius 2 is 1.44 bits per heavy atom. The number of fused-ring (bicyclic) bond motifs is 1. The number of aliphatic imine (C=N–C) groups is 1. The summed E-state index contributed by atoms with van der Waals surface area (Å²) in [5, 5.41) is 55.9. The summed E-state index contributed by atoms with van der Waals surface area (Å²) in [5.41, 5.74) is 21.5. The minimum Gasteiger partial charge on any atom is -0.394 e. The quantitative estimate of drug-likeness (QED) is 0.0317. The van der Waals surface area contributed by atoms with Crippen LogP contribution in [0.15, 0.2) is 71.9 Å². The molecule has 3 aromatic carbocycles. The molecule has 0 aliphatic rings. The number of aliphatic hydroxyl groups excluding tert-OH is 5. The highest BCUT2D eigenvalue weighted by atomic mass is 35.5. The van der Waals surface area contributed by atoms with Crippen LogP contribution in [0.1, 0.15) is 52.1 Å². The number of unbranched alkanes of at least 4 members (excludes halogenated alkanes) is 1. The maximum Gasteiger partial charge on any atom is 0.269 e. The lowest BCUT2D eigenvalue weighted by Gasteiger charge is -2.25. The van der Waals surface area contributed by atoms with Crippen molar-refractivity contribution in [3.63, 3.8) is 0 Å². The van der Waals surface area contributed by atoms with Crippen molar-refractivity contribution in [2.75, 3.05) is 31.6 Å². The summed E-state index contributed by atoms with van der Waals surface area (Å²) in [6.45, 7) is 0.256. The first-order valence-electron chi connectivity index (χ1n) is 17.7. The number of halogens is 1. The highest BCUT2D eigenvalue weighted by Gasteiger charge is 2.29. The largest absolute Gasteiger partial charge is 0.394 e. The Morgan fingerprint density at radius 1 is 0.815 bits per heavy atom. The molecule has 0 saturated heterocycles. The molecule has 4 aromatic rings. The highest BCUT2D eigenvalue weighted by molar-refractivity contribution is 6.29. The molecule has 0 aliphatic heterocycles. The Kier molecular flexibility index (Phi) is 16.2. The van der Waals surface area contributed by atoms with Gasteiger partial charge in [-0.3, -0.25) is 14.6 Å². The van der Waals surface area contributed by atoms with Gasteiger partial charge in [0, 0.05) is 18.8 Å². The van der Waals surface area contributed by atoms with Gasteiger partial charge in [0.05, 0.1) is 24.9 Å². The summed E-state index contributed by atoms with van der Waals surface area (Å²) in [7, 11) is 0. The lowest BCUT2D eigenvalue weighted by molar-refractivity contribution is -0.117. The van der Waals surface area contributed by atoms with Crippen LogP contribution in [0, 0.1) is 0 Å². The Balaban J connectivity index is 1.17. The molecule has 0 fully saturated rings. The van der Waals surface area contributed by atoms with E-state index in [1.165, 1.54) is 11.8 Å². The SMILES string of the molecule is NC(=O)c1nc(Cl)cnc1C(N)=NCCCCc1ccc2cc(C[C@H](N)C(=O)Nc3ccc(CCCNC[C@H](O)[C@@H](O)[C@H](O)[C@H](O)CO)cc3)ccc2c1. The molecule has 1 heterocycles. The summed E-state index contributed by atoms with van der Waals surface area (Å²) in [6.07, 6.45) is -0.519. The summed E-state index contributed by atoms with van der Waals surface area (Å²) in [4.78, 5) is 36.8. The molecule has 0 saturated carbocycles. The second kappa shape index (κ2) is 20.8. The van der Waals surface area contributed by atoms with E-state index in [0.29, 0.717) is 25.2 Å². The Morgan fingerprint density at radius 3 is 2.13 bits per heavy atom. The van der Waals surface area contributed by atoms with E-state index in [4.69, 9.17) is 33.9 Å². The van der Waals surface area contributed by atoms with Gasteiger partial charge in [-0.15, -0.1) is 0 Å². The van der Waals surface area contributed by atoms with Crippen molar-refractivity contribution < 1.29 is 35.1 Å². The summed E-state index contributed by atoms with van der Waals surface area (Å²) >= 11 is 5.81. The standard InChI is InChI=1S/C38H49ClN8O7/c39-31-20-45-32(33(47-31)37(42)53)36(41)44-15-2-1-4-23-6-10-26-17-24(7-11-25(26)16-23)18-28(40)38(54)46-27-12-8-22(9-13-27)5-3-14-43-19-29(49)34(51)35(52)30(50)21-48/h6-13,16-17,20,28-30,34-35,43,48-52H,1-5,14-15,18-19,21,40H2,(H2,41,44)(H2,42,53)(H,46,54)/t28-,29-,30+,34+,35+/m0/s1. The van der Waals surface area contributed by atoms with Gasteiger partial charge in [0.25, 0.3) is 5.91 Å². The lowest BCUT2D eigenvalue weighted by atomic mass is 9.98. The topological polar surface area (TPSA) is 276 Å². The number of primary amides is 1. The normalized spacial score (nSPS) is 14.7. The highest BCUT2D eigenvalue weighted by Crippen LogP contribution is 2.21. The van der Waals surface area contributed by atoms with Crippen molar-refractivity contribution in [1.29, 1.82) is 0 Å². The van der Waals surface area contributed by atoms with Gasteiger partial charge >= 0.3 is 0 Å². The maximum atomic E-state index is 12.9. The summed E-state index contributed by atoms with van der Waals surface area (Å²) < 4.78 is 0. The first-order chi connectivity index (χ1) is 25.9. The molecule has 1 aromatic heterocycles. The maximum absolute atomic E-state index is 12.9. The van der Waals surface area contributed by atoms with Crippen LogP contribution in [-0.2, 0) is 24.1 Å². The molecule has 16 heteroatoms.